The molecule has 0 amide bonds. The highest BCUT2D eigenvalue weighted by Gasteiger charge is 2.15. The quantitative estimate of drug-likeness (QED) is 0.676. The molecule has 1 fully saturated rings. The Morgan fingerprint density at radius 1 is 1.40 bits per heavy atom. The molecule has 20 heavy (non-hydrogen) atoms. The second kappa shape index (κ2) is 7.53. The van der Waals surface area contributed by atoms with Gasteiger partial charge in [-0.2, -0.15) is 0 Å². The molecule has 1 aromatic carbocycles. The summed E-state index contributed by atoms with van der Waals surface area (Å²) in [5.74, 6) is 1.89. The van der Waals surface area contributed by atoms with Crippen molar-refractivity contribution in [3.05, 3.63) is 28.2 Å². The third kappa shape index (κ3) is 3.88. The van der Waals surface area contributed by atoms with Gasteiger partial charge in [-0.3, -0.25) is 0 Å². The van der Waals surface area contributed by atoms with Gasteiger partial charge in [0.05, 0.1) is 13.7 Å². The number of rotatable bonds is 4. The topological polar surface area (TPSA) is 36.9 Å². The van der Waals surface area contributed by atoms with Crippen LogP contribution >= 0.6 is 15.9 Å². The first kappa shape index (κ1) is 15.2. The van der Waals surface area contributed by atoms with E-state index in [0.29, 0.717) is 6.54 Å². The number of methoxy groups -OCH3 is 1. The predicted molar refractivity (Wildman–Crippen MR) is 86.3 cm³/mol. The standard InChI is InChI=1S/C15H22BrN3O/c1-3-17-15(19-8-4-5-9-19)18-11-12-10-13(16)6-7-14(12)20-2/h6-7,10H,3-5,8-9,11H2,1-2H3,(H,17,18). The highest BCUT2D eigenvalue weighted by molar-refractivity contribution is 9.10. The molecule has 1 aromatic rings. The predicted octanol–water partition coefficient (Wildman–Crippen LogP) is 3.02. The summed E-state index contributed by atoms with van der Waals surface area (Å²) in [6.07, 6.45) is 2.51. The van der Waals surface area contributed by atoms with Gasteiger partial charge in [0.2, 0.25) is 0 Å². The number of nitrogens with zero attached hydrogens (tertiary/aromatic N) is 2. The maximum Gasteiger partial charge on any atom is 0.194 e. The van der Waals surface area contributed by atoms with E-state index in [9.17, 15) is 0 Å². The average Bonchev–Trinajstić information content (AvgIpc) is 2.97. The van der Waals surface area contributed by atoms with Crippen LogP contribution in [-0.2, 0) is 6.54 Å². The van der Waals surface area contributed by atoms with Crippen LogP contribution in [0.25, 0.3) is 0 Å². The lowest BCUT2D eigenvalue weighted by Gasteiger charge is -2.20. The fourth-order valence-electron chi connectivity index (χ4n) is 2.39. The van der Waals surface area contributed by atoms with E-state index in [1.165, 1.54) is 12.8 Å². The molecule has 0 saturated carbocycles. The van der Waals surface area contributed by atoms with Gasteiger partial charge in [-0.1, -0.05) is 15.9 Å². The van der Waals surface area contributed by atoms with E-state index < -0.39 is 0 Å². The van der Waals surface area contributed by atoms with Gasteiger partial charge in [0.1, 0.15) is 5.75 Å². The minimum absolute atomic E-state index is 0.626. The molecular weight excluding hydrogens is 318 g/mol. The normalized spacial score (nSPS) is 15.6. The van der Waals surface area contributed by atoms with Gasteiger partial charge in [0.25, 0.3) is 0 Å². The number of nitrogens with one attached hydrogen (secondary N) is 1. The molecule has 0 bridgehead atoms. The number of ether oxygens (including phenoxy) is 1. The summed E-state index contributed by atoms with van der Waals surface area (Å²) in [5.41, 5.74) is 1.09. The number of hydrogen-bond acceptors (Lipinski definition) is 2. The third-order valence-corrected chi connectivity index (χ3v) is 3.88. The van der Waals surface area contributed by atoms with Gasteiger partial charge in [-0.05, 0) is 38.0 Å². The van der Waals surface area contributed by atoms with E-state index in [4.69, 9.17) is 9.73 Å². The Balaban J connectivity index is 2.13. The van der Waals surface area contributed by atoms with E-state index >= 15 is 0 Å². The summed E-state index contributed by atoms with van der Waals surface area (Å²) in [6, 6.07) is 6.02. The van der Waals surface area contributed by atoms with Gasteiger partial charge in [0.15, 0.2) is 5.96 Å². The van der Waals surface area contributed by atoms with Crippen LogP contribution in [0.2, 0.25) is 0 Å². The van der Waals surface area contributed by atoms with Crippen LogP contribution in [0.1, 0.15) is 25.3 Å². The molecule has 0 unspecified atom stereocenters. The molecule has 110 valence electrons. The van der Waals surface area contributed by atoms with Crippen molar-refractivity contribution in [2.24, 2.45) is 4.99 Å². The fraction of sp³-hybridized carbons (Fsp3) is 0.533. The smallest absolute Gasteiger partial charge is 0.194 e. The maximum atomic E-state index is 5.39. The Hall–Kier alpha value is -1.23. The number of aliphatic imine (C=N–C) groups is 1. The van der Waals surface area contributed by atoms with Crippen molar-refractivity contribution >= 4 is 21.9 Å². The van der Waals surface area contributed by atoms with Crippen molar-refractivity contribution in [2.75, 3.05) is 26.7 Å². The highest BCUT2D eigenvalue weighted by atomic mass is 79.9. The Morgan fingerprint density at radius 3 is 2.80 bits per heavy atom. The van der Waals surface area contributed by atoms with Gasteiger partial charge in [0, 0.05) is 29.7 Å². The summed E-state index contributed by atoms with van der Waals surface area (Å²) < 4.78 is 6.44. The summed E-state index contributed by atoms with van der Waals surface area (Å²) in [6.45, 7) is 5.82. The van der Waals surface area contributed by atoms with E-state index in [2.05, 4.69) is 39.1 Å². The Morgan fingerprint density at radius 2 is 2.15 bits per heavy atom. The van der Waals surface area contributed by atoms with Crippen LogP contribution in [0.5, 0.6) is 5.75 Å². The highest BCUT2D eigenvalue weighted by Crippen LogP contribution is 2.23. The zero-order chi connectivity index (χ0) is 14.4. The van der Waals surface area contributed by atoms with Crippen molar-refractivity contribution in [2.45, 2.75) is 26.3 Å². The number of benzene rings is 1. The SMILES string of the molecule is CCNC(=NCc1cc(Br)ccc1OC)N1CCCC1. The zero-order valence-corrected chi connectivity index (χ0v) is 13.7. The summed E-state index contributed by atoms with van der Waals surface area (Å²) in [5, 5.41) is 3.37. The van der Waals surface area contributed by atoms with Crippen molar-refractivity contribution in [1.82, 2.24) is 10.2 Å². The molecule has 1 saturated heterocycles. The van der Waals surface area contributed by atoms with Gasteiger partial charge >= 0.3 is 0 Å². The fourth-order valence-corrected chi connectivity index (χ4v) is 2.79. The van der Waals surface area contributed by atoms with Crippen molar-refractivity contribution in [3.63, 3.8) is 0 Å². The zero-order valence-electron chi connectivity index (χ0n) is 12.2. The minimum Gasteiger partial charge on any atom is -0.496 e. The molecule has 0 spiro atoms. The lowest BCUT2D eigenvalue weighted by Crippen LogP contribution is -2.39. The van der Waals surface area contributed by atoms with Crippen LogP contribution in [0.3, 0.4) is 0 Å². The Bertz CT molecular complexity index is 470. The summed E-state index contributed by atoms with van der Waals surface area (Å²) in [4.78, 5) is 7.07. The monoisotopic (exact) mass is 339 g/mol. The number of likely N-dealkylation sites (tertiary alicyclic amines) is 1. The molecule has 1 N–H and O–H groups in total. The molecule has 1 heterocycles. The minimum atomic E-state index is 0.626. The molecule has 0 atom stereocenters. The summed E-state index contributed by atoms with van der Waals surface area (Å²) in [7, 11) is 1.70. The van der Waals surface area contributed by atoms with E-state index in [1.54, 1.807) is 7.11 Å². The number of guanidine groups is 1. The second-order valence-corrected chi connectivity index (χ2v) is 5.74. The van der Waals surface area contributed by atoms with Crippen LogP contribution in [0.15, 0.2) is 27.7 Å². The number of hydrogen-bond donors (Lipinski definition) is 1. The first-order valence-electron chi connectivity index (χ1n) is 7.10. The van der Waals surface area contributed by atoms with E-state index in [-0.39, 0.29) is 0 Å². The van der Waals surface area contributed by atoms with Crippen molar-refractivity contribution < 1.29 is 4.74 Å². The lowest BCUT2D eigenvalue weighted by atomic mass is 10.2. The van der Waals surface area contributed by atoms with Crippen LogP contribution in [-0.4, -0.2) is 37.6 Å². The van der Waals surface area contributed by atoms with E-state index in [0.717, 1.165) is 41.4 Å². The average molecular weight is 340 g/mol. The molecule has 0 aromatic heterocycles. The molecule has 0 aliphatic carbocycles. The van der Waals surface area contributed by atoms with Crippen LogP contribution in [0.4, 0.5) is 0 Å². The van der Waals surface area contributed by atoms with Crippen molar-refractivity contribution in [1.29, 1.82) is 0 Å². The van der Waals surface area contributed by atoms with Crippen LogP contribution in [0, 0.1) is 0 Å². The second-order valence-electron chi connectivity index (χ2n) is 4.82. The molecule has 1 aliphatic rings. The first-order valence-corrected chi connectivity index (χ1v) is 7.89. The molecule has 0 radical (unpaired) electrons. The Kier molecular flexibility index (Phi) is 5.71. The van der Waals surface area contributed by atoms with Gasteiger partial charge in [-0.15, -0.1) is 0 Å². The largest absolute Gasteiger partial charge is 0.496 e. The molecule has 1 aliphatic heterocycles. The molecule has 5 heteroatoms. The lowest BCUT2D eigenvalue weighted by molar-refractivity contribution is 0.409. The molecular formula is C15H22BrN3O. The van der Waals surface area contributed by atoms with Crippen molar-refractivity contribution in [3.8, 4) is 5.75 Å². The van der Waals surface area contributed by atoms with Gasteiger partial charge in [-0.25, -0.2) is 4.99 Å². The van der Waals surface area contributed by atoms with Crippen LogP contribution < -0.4 is 10.1 Å². The third-order valence-electron chi connectivity index (χ3n) is 3.38. The first-order chi connectivity index (χ1) is 9.74. The maximum absolute atomic E-state index is 5.39. The Labute approximate surface area is 129 Å². The molecule has 4 nitrogen and oxygen atoms in total. The number of halogens is 1. The summed E-state index contributed by atoms with van der Waals surface area (Å²) >= 11 is 3.50. The van der Waals surface area contributed by atoms with Gasteiger partial charge < -0.3 is 15.0 Å². The van der Waals surface area contributed by atoms with E-state index in [1.807, 2.05) is 12.1 Å². The molecule has 2 rings (SSSR count).